The summed E-state index contributed by atoms with van der Waals surface area (Å²) in [6.45, 7) is 3.84. The summed E-state index contributed by atoms with van der Waals surface area (Å²) in [5.74, 6) is -0.426. The Morgan fingerprint density at radius 1 is 1.30 bits per heavy atom. The van der Waals surface area contributed by atoms with Crippen molar-refractivity contribution in [3.63, 3.8) is 0 Å². The van der Waals surface area contributed by atoms with Crippen LogP contribution in [0.5, 0.6) is 0 Å². The zero-order valence-corrected chi connectivity index (χ0v) is 17.1. The number of hydrogen-bond donors (Lipinski definition) is 0. The van der Waals surface area contributed by atoms with Crippen LogP contribution in [0.2, 0.25) is 0 Å². The van der Waals surface area contributed by atoms with Gasteiger partial charge in [0.2, 0.25) is 0 Å². The molecule has 0 spiro atoms. The van der Waals surface area contributed by atoms with E-state index in [2.05, 4.69) is 4.99 Å². The topological polar surface area (TPSA) is 60.7 Å². The number of nitrogens with zero attached hydrogens (tertiary/aromatic N) is 2. The highest BCUT2D eigenvalue weighted by molar-refractivity contribution is 7.11. The molecule has 5 nitrogen and oxygen atoms in total. The van der Waals surface area contributed by atoms with Crippen molar-refractivity contribution in [1.82, 2.24) is 4.57 Å². The average molecular weight is 417 g/mol. The Morgan fingerprint density at radius 3 is 2.74 bits per heavy atom. The fourth-order valence-corrected chi connectivity index (χ4v) is 5.60. The quantitative estimate of drug-likeness (QED) is 0.615. The molecule has 3 aromatic rings. The fourth-order valence-electron chi connectivity index (χ4n) is 3.01. The first kappa shape index (κ1) is 18.1. The number of hydrogen-bond acceptors (Lipinski definition) is 7. The number of allylic oxidation sites excluding steroid dienone is 1. The van der Waals surface area contributed by atoms with Crippen LogP contribution in [0.4, 0.5) is 0 Å². The molecule has 1 aliphatic heterocycles. The van der Waals surface area contributed by atoms with Gasteiger partial charge in [-0.05, 0) is 42.8 Å². The van der Waals surface area contributed by atoms with Gasteiger partial charge in [0.1, 0.15) is 6.04 Å². The third kappa shape index (κ3) is 3.24. The summed E-state index contributed by atoms with van der Waals surface area (Å²) in [4.78, 5) is 32.9. The number of carbonyl (C=O) groups is 1. The first-order valence-electron chi connectivity index (χ1n) is 8.36. The van der Waals surface area contributed by atoms with E-state index in [1.807, 2.05) is 41.1 Å². The van der Waals surface area contributed by atoms with Gasteiger partial charge in [-0.1, -0.05) is 23.5 Å². The van der Waals surface area contributed by atoms with Crippen molar-refractivity contribution in [2.24, 2.45) is 4.99 Å². The molecule has 27 heavy (non-hydrogen) atoms. The summed E-state index contributed by atoms with van der Waals surface area (Å²) in [5, 5.41) is 3.91. The van der Waals surface area contributed by atoms with Gasteiger partial charge in [0.15, 0.2) is 4.80 Å². The molecule has 8 heteroatoms. The lowest BCUT2D eigenvalue weighted by Crippen LogP contribution is -2.39. The second-order valence-corrected chi connectivity index (χ2v) is 8.80. The summed E-state index contributed by atoms with van der Waals surface area (Å²) in [6, 6.07) is 7.26. The van der Waals surface area contributed by atoms with E-state index in [0.717, 1.165) is 9.75 Å². The van der Waals surface area contributed by atoms with Crippen molar-refractivity contribution in [1.29, 1.82) is 0 Å². The zero-order chi connectivity index (χ0) is 19.0. The van der Waals surface area contributed by atoms with Crippen molar-refractivity contribution in [2.45, 2.75) is 19.9 Å². The SMILES string of the molecule is CCOC(=O)C1=C(C)N=c2s/c(=C/c3cccs3)c(=O)n2[C@H]1c1cccs1. The minimum atomic E-state index is -0.509. The number of aromatic nitrogens is 1. The molecule has 138 valence electrons. The fraction of sp³-hybridized carbons (Fsp3) is 0.211. The smallest absolute Gasteiger partial charge is 0.338 e. The van der Waals surface area contributed by atoms with Gasteiger partial charge >= 0.3 is 5.97 Å². The predicted octanol–water partition coefficient (Wildman–Crippen LogP) is 2.92. The Bertz CT molecular complexity index is 1180. The Balaban J connectivity index is 1.96. The first-order valence-corrected chi connectivity index (χ1v) is 10.9. The van der Waals surface area contributed by atoms with Crippen LogP contribution >= 0.6 is 34.0 Å². The summed E-state index contributed by atoms with van der Waals surface area (Å²) in [6.07, 6.45) is 1.88. The minimum absolute atomic E-state index is 0.139. The standard InChI is InChI=1S/C19H16N2O3S3/c1-3-24-18(23)15-11(2)20-19-21(16(15)13-7-5-9-26-13)17(22)14(27-19)10-12-6-4-8-25-12/h4-10,16H,3H2,1-2H3/b14-10+/t16-/m0/s1. The lowest BCUT2D eigenvalue weighted by Gasteiger charge is -2.23. The summed E-state index contributed by atoms with van der Waals surface area (Å²) in [7, 11) is 0. The Morgan fingerprint density at radius 2 is 2.07 bits per heavy atom. The molecule has 0 fully saturated rings. The number of rotatable bonds is 4. The maximum atomic E-state index is 13.2. The molecule has 4 rings (SSSR count). The van der Waals surface area contributed by atoms with Gasteiger partial charge in [-0.2, -0.15) is 0 Å². The van der Waals surface area contributed by atoms with Crippen molar-refractivity contribution in [3.05, 3.63) is 75.7 Å². The normalized spacial score (nSPS) is 17.0. The molecular weight excluding hydrogens is 400 g/mol. The van der Waals surface area contributed by atoms with Crippen LogP contribution in [-0.4, -0.2) is 17.1 Å². The lowest BCUT2D eigenvalue weighted by molar-refractivity contribution is -0.139. The zero-order valence-electron chi connectivity index (χ0n) is 14.7. The first-order chi connectivity index (χ1) is 13.1. The number of ether oxygens (including phenoxy) is 1. The lowest BCUT2D eigenvalue weighted by atomic mass is 10.0. The van der Waals surface area contributed by atoms with E-state index >= 15 is 0 Å². The average Bonchev–Trinajstić information content (AvgIpc) is 3.38. The van der Waals surface area contributed by atoms with Gasteiger partial charge in [0.25, 0.3) is 5.56 Å². The molecule has 0 saturated heterocycles. The van der Waals surface area contributed by atoms with E-state index in [4.69, 9.17) is 4.74 Å². The van der Waals surface area contributed by atoms with Crippen LogP contribution in [0.15, 0.2) is 56.1 Å². The third-order valence-electron chi connectivity index (χ3n) is 4.15. The van der Waals surface area contributed by atoms with Crippen LogP contribution in [0.3, 0.4) is 0 Å². The summed E-state index contributed by atoms with van der Waals surface area (Å²) < 4.78 is 7.48. The number of thiazole rings is 1. The van der Waals surface area contributed by atoms with Gasteiger partial charge < -0.3 is 4.74 Å². The van der Waals surface area contributed by atoms with E-state index in [0.29, 0.717) is 20.6 Å². The molecule has 0 N–H and O–H groups in total. The molecule has 0 unspecified atom stereocenters. The number of carbonyl (C=O) groups excluding carboxylic acids is 1. The molecule has 1 atom stereocenters. The van der Waals surface area contributed by atoms with Crippen LogP contribution in [-0.2, 0) is 9.53 Å². The monoisotopic (exact) mass is 416 g/mol. The van der Waals surface area contributed by atoms with Crippen molar-refractivity contribution in [3.8, 4) is 0 Å². The van der Waals surface area contributed by atoms with Gasteiger partial charge in [0.05, 0.1) is 22.4 Å². The minimum Gasteiger partial charge on any atom is -0.463 e. The molecule has 0 amide bonds. The molecule has 0 saturated carbocycles. The molecule has 1 aliphatic rings. The van der Waals surface area contributed by atoms with E-state index in [-0.39, 0.29) is 12.2 Å². The van der Waals surface area contributed by atoms with Crippen molar-refractivity contribution < 1.29 is 9.53 Å². The molecule has 4 heterocycles. The van der Waals surface area contributed by atoms with E-state index in [1.54, 1.807) is 29.8 Å². The molecule has 0 bridgehead atoms. The highest BCUT2D eigenvalue weighted by Gasteiger charge is 2.33. The highest BCUT2D eigenvalue weighted by Crippen LogP contribution is 2.33. The Hall–Kier alpha value is -2.29. The third-order valence-corrected chi connectivity index (χ3v) is 6.87. The van der Waals surface area contributed by atoms with Crippen molar-refractivity contribution >= 4 is 46.1 Å². The van der Waals surface area contributed by atoms with Gasteiger partial charge in [-0.15, -0.1) is 22.7 Å². The van der Waals surface area contributed by atoms with E-state index in [9.17, 15) is 9.59 Å². The molecule has 0 aromatic carbocycles. The van der Waals surface area contributed by atoms with Crippen LogP contribution in [0, 0.1) is 0 Å². The van der Waals surface area contributed by atoms with Crippen LogP contribution < -0.4 is 14.9 Å². The van der Waals surface area contributed by atoms with E-state index < -0.39 is 12.0 Å². The molecular formula is C19H16N2O3S3. The van der Waals surface area contributed by atoms with Crippen molar-refractivity contribution in [2.75, 3.05) is 6.61 Å². The largest absolute Gasteiger partial charge is 0.463 e. The highest BCUT2D eigenvalue weighted by atomic mass is 32.1. The van der Waals surface area contributed by atoms with E-state index in [1.165, 1.54) is 22.7 Å². The second-order valence-electron chi connectivity index (χ2n) is 5.83. The van der Waals surface area contributed by atoms with Gasteiger partial charge in [0, 0.05) is 9.75 Å². The molecule has 0 radical (unpaired) electrons. The summed E-state index contributed by atoms with van der Waals surface area (Å²) in [5.41, 5.74) is 0.880. The maximum Gasteiger partial charge on any atom is 0.338 e. The molecule has 3 aromatic heterocycles. The predicted molar refractivity (Wildman–Crippen MR) is 109 cm³/mol. The second kappa shape index (κ2) is 7.38. The maximum absolute atomic E-state index is 13.2. The summed E-state index contributed by atoms with van der Waals surface area (Å²) >= 11 is 4.43. The van der Waals surface area contributed by atoms with Crippen LogP contribution in [0.1, 0.15) is 29.6 Å². The van der Waals surface area contributed by atoms with Gasteiger partial charge in [-0.25, -0.2) is 9.79 Å². The van der Waals surface area contributed by atoms with Gasteiger partial charge in [-0.3, -0.25) is 9.36 Å². The number of fused-ring (bicyclic) bond motifs is 1. The van der Waals surface area contributed by atoms with Crippen LogP contribution in [0.25, 0.3) is 6.08 Å². The Kier molecular flexibility index (Phi) is 4.94. The molecule has 0 aliphatic carbocycles. The number of thiophene rings is 2. The Labute approximate surface area is 167 Å². The number of esters is 1.